The van der Waals surface area contributed by atoms with Crippen molar-refractivity contribution in [1.29, 1.82) is 0 Å². The van der Waals surface area contributed by atoms with E-state index in [4.69, 9.17) is 4.74 Å². The van der Waals surface area contributed by atoms with E-state index < -0.39 is 0 Å². The second-order valence-corrected chi connectivity index (χ2v) is 6.71. The molecule has 1 aliphatic carbocycles. The summed E-state index contributed by atoms with van der Waals surface area (Å²) in [4.78, 5) is 14.6. The second kappa shape index (κ2) is 6.67. The number of fused-ring (bicyclic) bond motifs is 1. The topological polar surface area (TPSA) is 47.4 Å². The third-order valence-electron chi connectivity index (χ3n) is 5.02. The van der Waals surface area contributed by atoms with Crippen LogP contribution in [0.15, 0.2) is 36.4 Å². The van der Waals surface area contributed by atoms with Crippen LogP contribution in [-0.2, 0) is 24.5 Å². The summed E-state index contributed by atoms with van der Waals surface area (Å²) in [6, 6.07) is 12.1. The van der Waals surface area contributed by atoms with Crippen molar-refractivity contribution in [2.45, 2.75) is 45.4 Å². The fourth-order valence-electron chi connectivity index (χ4n) is 3.66. The summed E-state index contributed by atoms with van der Waals surface area (Å²) < 4.78 is 7.78. The Morgan fingerprint density at radius 1 is 1.17 bits per heavy atom. The molecule has 0 atom stereocenters. The van der Waals surface area contributed by atoms with E-state index in [1.54, 1.807) is 0 Å². The number of rotatable bonds is 4. The van der Waals surface area contributed by atoms with Crippen LogP contribution in [0.3, 0.4) is 0 Å². The standard InChI is InChI=1S/C19H23N3O2/c23-19(16-8-4-5-9-16)21-10-11-22-17(13-21)12-18(20-22)24-14-15-6-2-1-3-7-15/h1-3,6-7,12,16H,4-5,8-11,13-14H2. The molecule has 5 heteroatoms. The zero-order chi connectivity index (χ0) is 16.4. The Morgan fingerprint density at radius 3 is 2.75 bits per heavy atom. The van der Waals surface area contributed by atoms with E-state index >= 15 is 0 Å². The van der Waals surface area contributed by atoms with E-state index in [1.807, 2.05) is 46.0 Å². The molecule has 1 saturated carbocycles. The summed E-state index contributed by atoms with van der Waals surface area (Å²) in [5.74, 6) is 1.21. The van der Waals surface area contributed by atoms with E-state index in [1.165, 1.54) is 12.8 Å². The van der Waals surface area contributed by atoms with Crippen LogP contribution in [-0.4, -0.2) is 27.1 Å². The summed E-state index contributed by atoms with van der Waals surface area (Å²) in [5, 5.41) is 4.51. The number of aromatic nitrogens is 2. The largest absolute Gasteiger partial charge is 0.472 e. The van der Waals surface area contributed by atoms with Gasteiger partial charge in [0.1, 0.15) is 6.61 Å². The van der Waals surface area contributed by atoms with Gasteiger partial charge in [-0.3, -0.25) is 9.48 Å². The number of hydrogen-bond donors (Lipinski definition) is 0. The van der Waals surface area contributed by atoms with Gasteiger partial charge in [0.05, 0.1) is 18.8 Å². The molecule has 0 saturated heterocycles. The van der Waals surface area contributed by atoms with Crippen molar-refractivity contribution in [2.75, 3.05) is 6.54 Å². The number of ether oxygens (including phenoxy) is 1. The maximum atomic E-state index is 12.6. The SMILES string of the molecule is O=C(C1CCCC1)N1CCn2nc(OCc3ccccc3)cc2C1. The molecule has 1 aromatic carbocycles. The monoisotopic (exact) mass is 325 g/mol. The molecule has 1 aromatic heterocycles. The van der Waals surface area contributed by atoms with Crippen LogP contribution in [0.4, 0.5) is 0 Å². The first-order valence-corrected chi connectivity index (χ1v) is 8.82. The first-order chi connectivity index (χ1) is 11.8. The number of amides is 1. The summed E-state index contributed by atoms with van der Waals surface area (Å²) in [5.41, 5.74) is 2.19. The highest BCUT2D eigenvalue weighted by Gasteiger charge is 2.30. The summed E-state index contributed by atoms with van der Waals surface area (Å²) >= 11 is 0. The Hall–Kier alpha value is -2.30. The number of carbonyl (C=O) groups excluding carboxylic acids is 1. The van der Waals surface area contributed by atoms with Crippen LogP contribution in [0.25, 0.3) is 0 Å². The molecule has 1 amide bonds. The lowest BCUT2D eigenvalue weighted by Crippen LogP contribution is -2.41. The van der Waals surface area contributed by atoms with Gasteiger partial charge in [-0.2, -0.15) is 0 Å². The molecule has 0 N–H and O–H groups in total. The van der Waals surface area contributed by atoms with Gasteiger partial charge in [-0.15, -0.1) is 5.10 Å². The maximum Gasteiger partial charge on any atom is 0.233 e. The van der Waals surface area contributed by atoms with Crippen LogP contribution in [0.1, 0.15) is 36.9 Å². The Labute approximate surface area is 142 Å². The first kappa shape index (κ1) is 15.2. The molecule has 2 heterocycles. The van der Waals surface area contributed by atoms with Crippen LogP contribution in [0.2, 0.25) is 0 Å². The van der Waals surface area contributed by atoms with Crippen molar-refractivity contribution in [2.24, 2.45) is 5.92 Å². The van der Waals surface area contributed by atoms with Crippen molar-refractivity contribution in [3.63, 3.8) is 0 Å². The lowest BCUT2D eigenvalue weighted by molar-refractivity contribution is -0.136. The first-order valence-electron chi connectivity index (χ1n) is 8.82. The van der Waals surface area contributed by atoms with Crippen LogP contribution < -0.4 is 4.74 Å². The van der Waals surface area contributed by atoms with Gasteiger partial charge in [-0.05, 0) is 18.4 Å². The summed E-state index contributed by atoms with van der Waals surface area (Å²) in [7, 11) is 0. The zero-order valence-corrected chi connectivity index (χ0v) is 13.9. The molecule has 0 unspecified atom stereocenters. The summed E-state index contributed by atoms with van der Waals surface area (Å²) in [6.07, 6.45) is 4.50. The van der Waals surface area contributed by atoms with E-state index in [-0.39, 0.29) is 5.92 Å². The minimum absolute atomic E-state index is 0.244. The molecule has 126 valence electrons. The van der Waals surface area contributed by atoms with Crippen LogP contribution in [0.5, 0.6) is 5.88 Å². The quantitative estimate of drug-likeness (QED) is 0.868. The predicted octanol–water partition coefficient (Wildman–Crippen LogP) is 2.99. The van der Waals surface area contributed by atoms with E-state index in [9.17, 15) is 4.79 Å². The summed E-state index contributed by atoms with van der Waals surface area (Å²) in [6.45, 7) is 2.67. The Morgan fingerprint density at radius 2 is 1.96 bits per heavy atom. The highest BCUT2D eigenvalue weighted by atomic mass is 16.5. The predicted molar refractivity (Wildman–Crippen MR) is 90.4 cm³/mol. The van der Waals surface area contributed by atoms with Gasteiger partial charge in [0, 0.05) is 18.5 Å². The van der Waals surface area contributed by atoms with Crippen molar-refractivity contribution < 1.29 is 9.53 Å². The van der Waals surface area contributed by atoms with Crippen molar-refractivity contribution >= 4 is 5.91 Å². The molecule has 2 aliphatic rings. The molecule has 5 nitrogen and oxygen atoms in total. The molecule has 0 radical (unpaired) electrons. The maximum absolute atomic E-state index is 12.6. The average molecular weight is 325 g/mol. The minimum atomic E-state index is 0.244. The average Bonchev–Trinajstić information content (AvgIpc) is 3.29. The Balaban J connectivity index is 1.39. The molecule has 0 spiro atoms. The highest BCUT2D eigenvalue weighted by Crippen LogP contribution is 2.28. The Kier molecular flexibility index (Phi) is 4.24. The zero-order valence-electron chi connectivity index (χ0n) is 13.9. The second-order valence-electron chi connectivity index (χ2n) is 6.71. The van der Waals surface area contributed by atoms with Gasteiger partial charge >= 0.3 is 0 Å². The molecular weight excluding hydrogens is 302 g/mol. The number of nitrogens with zero attached hydrogens (tertiary/aromatic N) is 3. The molecule has 1 fully saturated rings. The fraction of sp³-hybridized carbons (Fsp3) is 0.474. The van der Waals surface area contributed by atoms with Gasteiger partial charge in [0.15, 0.2) is 0 Å². The van der Waals surface area contributed by atoms with Gasteiger partial charge in [0.2, 0.25) is 11.8 Å². The van der Waals surface area contributed by atoms with Crippen LogP contribution in [0, 0.1) is 5.92 Å². The number of carbonyl (C=O) groups is 1. The highest BCUT2D eigenvalue weighted by molar-refractivity contribution is 5.79. The molecular formula is C19H23N3O2. The minimum Gasteiger partial charge on any atom is -0.472 e. The lowest BCUT2D eigenvalue weighted by Gasteiger charge is -2.29. The van der Waals surface area contributed by atoms with Gasteiger partial charge in [-0.25, -0.2) is 0 Å². The Bertz CT molecular complexity index is 705. The molecule has 0 bridgehead atoms. The molecule has 4 rings (SSSR count). The van der Waals surface area contributed by atoms with Gasteiger partial charge in [-0.1, -0.05) is 43.2 Å². The molecule has 2 aromatic rings. The van der Waals surface area contributed by atoms with Gasteiger partial charge in [0.25, 0.3) is 0 Å². The smallest absolute Gasteiger partial charge is 0.233 e. The van der Waals surface area contributed by atoms with E-state index in [0.29, 0.717) is 24.9 Å². The third kappa shape index (κ3) is 3.16. The molecule has 24 heavy (non-hydrogen) atoms. The van der Waals surface area contributed by atoms with E-state index in [0.717, 1.165) is 37.2 Å². The van der Waals surface area contributed by atoms with Crippen molar-refractivity contribution in [1.82, 2.24) is 14.7 Å². The van der Waals surface area contributed by atoms with Crippen LogP contribution >= 0.6 is 0 Å². The fourth-order valence-corrected chi connectivity index (χ4v) is 3.66. The number of benzene rings is 1. The van der Waals surface area contributed by atoms with Crippen molar-refractivity contribution in [3.8, 4) is 5.88 Å². The lowest BCUT2D eigenvalue weighted by atomic mass is 10.1. The molecule has 1 aliphatic heterocycles. The van der Waals surface area contributed by atoms with E-state index in [2.05, 4.69) is 5.10 Å². The normalized spacial score (nSPS) is 17.8. The van der Waals surface area contributed by atoms with Crippen molar-refractivity contribution in [3.05, 3.63) is 47.7 Å². The number of hydrogen-bond acceptors (Lipinski definition) is 3. The third-order valence-corrected chi connectivity index (χ3v) is 5.02. The van der Waals surface area contributed by atoms with Gasteiger partial charge < -0.3 is 9.64 Å².